The summed E-state index contributed by atoms with van der Waals surface area (Å²) in [5.74, 6) is 1.30. The molecule has 124 valence electrons. The fourth-order valence-corrected chi connectivity index (χ4v) is 3.87. The molecule has 3 aromatic rings. The van der Waals surface area contributed by atoms with E-state index in [9.17, 15) is 0 Å². The standard InChI is InChI=1S/C17H19N5OS/c1-12-15(24-11-19-12)17-21-20-16(23-17)14-4-2-3-9-22(14)10-13-5-7-18-8-6-13/h5-8,11,14H,2-4,9-10H2,1H3/t14-/m1/s1. The highest BCUT2D eigenvalue weighted by atomic mass is 32.1. The summed E-state index contributed by atoms with van der Waals surface area (Å²) >= 11 is 1.54. The van der Waals surface area contributed by atoms with E-state index < -0.39 is 0 Å². The van der Waals surface area contributed by atoms with Gasteiger partial charge in [-0.1, -0.05) is 6.42 Å². The first-order valence-electron chi connectivity index (χ1n) is 8.18. The van der Waals surface area contributed by atoms with Crippen molar-refractivity contribution in [3.8, 4) is 10.8 Å². The molecule has 0 aromatic carbocycles. The van der Waals surface area contributed by atoms with Crippen molar-refractivity contribution in [3.63, 3.8) is 0 Å². The number of hydrogen-bond acceptors (Lipinski definition) is 7. The number of rotatable bonds is 4. The molecule has 1 atom stereocenters. The second-order valence-corrected chi connectivity index (χ2v) is 6.90. The molecule has 1 aliphatic rings. The molecular formula is C17H19N5OS. The molecule has 4 heterocycles. The lowest BCUT2D eigenvalue weighted by atomic mass is 10.0. The molecule has 0 N–H and O–H groups in total. The quantitative estimate of drug-likeness (QED) is 0.722. The summed E-state index contributed by atoms with van der Waals surface area (Å²) in [7, 11) is 0. The largest absolute Gasteiger partial charge is 0.418 e. The van der Waals surface area contributed by atoms with E-state index in [0.717, 1.165) is 30.1 Å². The van der Waals surface area contributed by atoms with Gasteiger partial charge in [0, 0.05) is 18.9 Å². The minimum atomic E-state index is 0.182. The van der Waals surface area contributed by atoms with Crippen LogP contribution in [0.3, 0.4) is 0 Å². The molecule has 0 unspecified atom stereocenters. The van der Waals surface area contributed by atoms with Gasteiger partial charge in [-0.25, -0.2) is 4.98 Å². The second kappa shape index (κ2) is 6.78. The molecule has 1 saturated heterocycles. The molecule has 4 rings (SSSR count). The number of thiazole rings is 1. The van der Waals surface area contributed by atoms with Crippen LogP contribution >= 0.6 is 11.3 Å². The zero-order valence-corrected chi connectivity index (χ0v) is 14.4. The molecule has 6 nitrogen and oxygen atoms in total. The van der Waals surface area contributed by atoms with E-state index in [0.29, 0.717) is 11.8 Å². The van der Waals surface area contributed by atoms with E-state index >= 15 is 0 Å². The Labute approximate surface area is 144 Å². The van der Waals surface area contributed by atoms with Crippen LogP contribution in [0.4, 0.5) is 0 Å². The van der Waals surface area contributed by atoms with Gasteiger partial charge in [0.15, 0.2) is 0 Å². The molecule has 0 aliphatic carbocycles. The minimum Gasteiger partial charge on any atom is -0.418 e. The molecule has 0 amide bonds. The third kappa shape index (κ3) is 3.09. The Morgan fingerprint density at radius 3 is 2.92 bits per heavy atom. The highest BCUT2D eigenvalue weighted by Crippen LogP contribution is 2.34. The number of likely N-dealkylation sites (tertiary alicyclic amines) is 1. The number of aromatic nitrogens is 4. The molecule has 1 aliphatic heterocycles. The zero-order valence-electron chi connectivity index (χ0n) is 13.6. The van der Waals surface area contributed by atoms with E-state index in [4.69, 9.17) is 4.42 Å². The average Bonchev–Trinajstić information content (AvgIpc) is 3.25. The Kier molecular flexibility index (Phi) is 4.36. The lowest BCUT2D eigenvalue weighted by Gasteiger charge is -2.33. The van der Waals surface area contributed by atoms with Gasteiger partial charge in [-0.3, -0.25) is 9.88 Å². The van der Waals surface area contributed by atoms with Crippen molar-refractivity contribution in [3.05, 3.63) is 47.2 Å². The van der Waals surface area contributed by atoms with Crippen molar-refractivity contribution in [2.45, 2.75) is 38.8 Å². The molecule has 0 radical (unpaired) electrons. The monoisotopic (exact) mass is 341 g/mol. The van der Waals surface area contributed by atoms with Gasteiger partial charge in [-0.05, 0) is 44.0 Å². The van der Waals surface area contributed by atoms with E-state index in [2.05, 4.69) is 37.2 Å². The van der Waals surface area contributed by atoms with Gasteiger partial charge in [-0.2, -0.15) is 0 Å². The Balaban J connectivity index is 1.57. The maximum absolute atomic E-state index is 6.01. The predicted octanol–water partition coefficient (Wildman–Crippen LogP) is 3.62. The van der Waals surface area contributed by atoms with Crippen LogP contribution in [0.1, 0.15) is 42.5 Å². The lowest BCUT2D eigenvalue weighted by molar-refractivity contribution is 0.118. The van der Waals surface area contributed by atoms with Crippen LogP contribution in [0.5, 0.6) is 0 Å². The zero-order chi connectivity index (χ0) is 16.4. The number of nitrogens with zero attached hydrogens (tertiary/aromatic N) is 5. The predicted molar refractivity (Wildman–Crippen MR) is 91.4 cm³/mol. The second-order valence-electron chi connectivity index (χ2n) is 6.05. The average molecular weight is 341 g/mol. The van der Waals surface area contributed by atoms with Gasteiger partial charge >= 0.3 is 0 Å². The van der Waals surface area contributed by atoms with E-state index in [-0.39, 0.29) is 6.04 Å². The summed E-state index contributed by atoms with van der Waals surface area (Å²) < 4.78 is 6.01. The van der Waals surface area contributed by atoms with Crippen LogP contribution < -0.4 is 0 Å². The van der Waals surface area contributed by atoms with E-state index in [1.165, 1.54) is 29.7 Å². The third-order valence-electron chi connectivity index (χ3n) is 4.41. The maximum atomic E-state index is 6.01. The van der Waals surface area contributed by atoms with Crippen LogP contribution in [0, 0.1) is 6.92 Å². The first kappa shape index (κ1) is 15.4. The maximum Gasteiger partial charge on any atom is 0.259 e. The topological polar surface area (TPSA) is 67.9 Å². The van der Waals surface area contributed by atoms with Crippen LogP contribution in [0.15, 0.2) is 34.5 Å². The molecule has 7 heteroatoms. The van der Waals surface area contributed by atoms with Crippen LogP contribution in [0.2, 0.25) is 0 Å². The highest BCUT2D eigenvalue weighted by molar-refractivity contribution is 7.13. The van der Waals surface area contributed by atoms with Crippen LogP contribution in [-0.2, 0) is 6.54 Å². The van der Waals surface area contributed by atoms with Gasteiger partial charge in [0.05, 0.1) is 17.2 Å². The first-order chi connectivity index (χ1) is 11.8. The summed E-state index contributed by atoms with van der Waals surface area (Å²) in [6.45, 7) is 3.89. The van der Waals surface area contributed by atoms with Crippen molar-refractivity contribution in [2.75, 3.05) is 6.54 Å². The smallest absolute Gasteiger partial charge is 0.259 e. The van der Waals surface area contributed by atoms with Crippen LogP contribution in [-0.4, -0.2) is 31.6 Å². The van der Waals surface area contributed by atoms with Crippen LogP contribution in [0.25, 0.3) is 10.8 Å². The van der Waals surface area contributed by atoms with E-state index in [1.807, 2.05) is 24.8 Å². The van der Waals surface area contributed by atoms with Crippen molar-refractivity contribution >= 4 is 11.3 Å². The van der Waals surface area contributed by atoms with Crippen molar-refractivity contribution in [1.82, 2.24) is 25.1 Å². The molecule has 1 fully saturated rings. The number of hydrogen-bond donors (Lipinski definition) is 0. The number of pyridine rings is 1. The van der Waals surface area contributed by atoms with E-state index in [1.54, 1.807) is 0 Å². The van der Waals surface area contributed by atoms with Crippen molar-refractivity contribution in [1.29, 1.82) is 0 Å². The summed E-state index contributed by atoms with van der Waals surface area (Å²) in [5, 5.41) is 8.59. The molecule has 0 saturated carbocycles. The normalized spacial score (nSPS) is 18.8. The molecule has 3 aromatic heterocycles. The molecule has 0 spiro atoms. The third-order valence-corrected chi connectivity index (χ3v) is 5.33. The molecule has 0 bridgehead atoms. The van der Waals surface area contributed by atoms with Crippen molar-refractivity contribution < 1.29 is 4.42 Å². The Hall–Kier alpha value is -2.12. The summed E-state index contributed by atoms with van der Waals surface area (Å²) in [6.07, 6.45) is 7.12. The van der Waals surface area contributed by atoms with Gasteiger partial charge in [0.2, 0.25) is 5.89 Å². The molecule has 24 heavy (non-hydrogen) atoms. The fraction of sp³-hybridized carbons (Fsp3) is 0.412. The van der Waals surface area contributed by atoms with Gasteiger partial charge in [0.25, 0.3) is 5.89 Å². The number of piperidine rings is 1. The fourth-order valence-electron chi connectivity index (χ4n) is 3.15. The van der Waals surface area contributed by atoms with Gasteiger partial charge in [0.1, 0.15) is 4.88 Å². The Bertz CT molecular complexity index is 800. The molecular weight excluding hydrogens is 322 g/mol. The minimum absolute atomic E-state index is 0.182. The van der Waals surface area contributed by atoms with Gasteiger partial charge < -0.3 is 4.42 Å². The highest BCUT2D eigenvalue weighted by Gasteiger charge is 2.29. The number of aryl methyl sites for hydroxylation is 1. The summed E-state index contributed by atoms with van der Waals surface area (Å²) in [6, 6.07) is 4.30. The lowest BCUT2D eigenvalue weighted by Crippen LogP contribution is -2.33. The summed E-state index contributed by atoms with van der Waals surface area (Å²) in [5.41, 5.74) is 4.01. The SMILES string of the molecule is Cc1ncsc1-c1nnc([C@H]2CCCCN2Cc2ccncc2)o1. The summed E-state index contributed by atoms with van der Waals surface area (Å²) in [4.78, 5) is 11.7. The van der Waals surface area contributed by atoms with Gasteiger partial charge in [-0.15, -0.1) is 21.5 Å². The van der Waals surface area contributed by atoms with Crippen molar-refractivity contribution in [2.24, 2.45) is 0 Å². The Morgan fingerprint density at radius 1 is 1.25 bits per heavy atom. The first-order valence-corrected chi connectivity index (χ1v) is 9.06. The Morgan fingerprint density at radius 2 is 2.12 bits per heavy atom.